The van der Waals surface area contributed by atoms with Gasteiger partial charge in [-0.15, -0.1) is 0 Å². The summed E-state index contributed by atoms with van der Waals surface area (Å²) in [6.45, 7) is 1.89. The van der Waals surface area contributed by atoms with E-state index in [1.54, 1.807) is 0 Å². The third kappa shape index (κ3) is 2.51. The van der Waals surface area contributed by atoms with Gasteiger partial charge in [-0.25, -0.2) is 0 Å². The summed E-state index contributed by atoms with van der Waals surface area (Å²) in [7, 11) is 0. The quantitative estimate of drug-likeness (QED) is 0.892. The van der Waals surface area contributed by atoms with Gasteiger partial charge in [-0.2, -0.15) is 0 Å². The van der Waals surface area contributed by atoms with E-state index >= 15 is 0 Å². The standard InChI is InChI=1S/C14H17NO4/c16-14(17)11-4-3-7-15(11)8-10-9-18-12-5-1-2-6-13(12)19-10/h1-2,5-6,10-11H,3-4,7-9H2,(H,16,17). The Kier molecular flexibility index (Phi) is 3.29. The Hall–Kier alpha value is -1.75. The van der Waals surface area contributed by atoms with E-state index in [0.717, 1.165) is 30.9 Å². The highest BCUT2D eigenvalue weighted by Gasteiger charge is 2.33. The molecule has 0 aliphatic carbocycles. The van der Waals surface area contributed by atoms with Crippen molar-refractivity contribution >= 4 is 5.97 Å². The number of carbonyl (C=O) groups is 1. The SMILES string of the molecule is O=C(O)C1CCCN1CC1COc2ccccc2O1. The van der Waals surface area contributed by atoms with E-state index in [1.165, 1.54) is 0 Å². The van der Waals surface area contributed by atoms with Crippen LogP contribution in [0.15, 0.2) is 24.3 Å². The highest BCUT2D eigenvalue weighted by atomic mass is 16.6. The van der Waals surface area contributed by atoms with Crippen molar-refractivity contribution in [2.75, 3.05) is 19.7 Å². The molecule has 1 aromatic rings. The summed E-state index contributed by atoms with van der Waals surface area (Å²) >= 11 is 0. The number of rotatable bonds is 3. The molecule has 2 aliphatic rings. The van der Waals surface area contributed by atoms with Crippen molar-refractivity contribution in [2.45, 2.75) is 25.0 Å². The van der Waals surface area contributed by atoms with Crippen LogP contribution in [0.1, 0.15) is 12.8 Å². The van der Waals surface area contributed by atoms with Crippen molar-refractivity contribution in [1.82, 2.24) is 4.90 Å². The van der Waals surface area contributed by atoms with Crippen molar-refractivity contribution in [2.24, 2.45) is 0 Å². The van der Waals surface area contributed by atoms with Crippen LogP contribution in [-0.2, 0) is 4.79 Å². The summed E-state index contributed by atoms with van der Waals surface area (Å²) in [5, 5.41) is 9.16. The first kappa shape index (κ1) is 12.3. The predicted octanol–water partition coefficient (Wildman–Crippen LogP) is 1.38. The highest BCUT2D eigenvalue weighted by molar-refractivity contribution is 5.73. The van der Waals surface area contributed by atoms with Gasteiger partial charge in [0.2, 0.25) is 0 Å². The lowest BCUT2D eigenvalue weighted by Crippen LogP contribution is -2.45. The monoisotopic (exact) mass is 263 g/mol. The molecule has 5 heteroatoms. The molecule has 0 radical (unpaired) electrons. The fourth-order valence-electron chi connectivity index (χ4n) is 2.74. The first-order valence-corrected chi connectivity index (χ1v) is 6.59. The summed E-state index contributed by atoms with van der Waals surface area (Å²) < 4.78 is 11.5. The largest absolute Gasteiger partial charge is 0.486 e. The Labute approximate surface area is 111 Å². The average molecular weight is 263 g/mol. The molecular formula is C14H17NO4. The van der Waals surface area contributed by atoms with Gasteiger partial charge in [0, 0.05) is 6.54 Å². The maximum absolute atomic E-state index is 11.1. The van der Waals surface area contributed by atoms with Crippen LogP contribution >= 0.6 is 0 Å². The lowest BCUT2D eigenvalue weighted by molar-refractivity contribution is -0.142. The molecule has 2 unspecified atom stereocenters. The third-order valence-corrected chi connectivity index (χ3v) is 3.65. The summed E-state index contributed by atoms with van der Waals surface area (Å²) in [4.78, 5) is 13.1. The minimum atomic E-state index is -0.741. The number of aliphatic carboxylic acids is 1. The molecule has 1 saturated heterocycles. The maximum Gasteiger partial charge on any atom is 0.320 e. The second kappa shape index (κ2) is 5.09. The van der Waals surface area contributed by atoms with Crippen molar-refractivity contribution < 1.29 is 19.4 Å². The molecule has 0 aromatic heterocycles. The molecule has 19 heavy (non-hydrogen) atoms. The van der Waals surface area contributed by atoms with E-state index in [9.17, 15) is 4.79 Å². The van der Waals surface area contributed by atoms with Gasteiger partial charge in [0.25, 0.3) is 0 Å². The Bertz CT molecular complexity index is 476. The highest BCUT2D eigenvalue weighted by Crippen LogP contribution is 2.31. The van der Waals surface area contributed by atoms with Crippen LogP contribution in [0, 0.1) is 0 Å². The zero-order chi connectivity index (χ0) is 13.2. The molecule has 1 fully saturated rings. The Morgan fingerprint density at radius 1 is 1.37 bits per heavy atom. The molecular weight excluding hydrogens is 246 g/mol. The number of hydrogen-bond acceptors (Lipinski definition) is 4. The fourth-order valence-corrected chi connectivity index (χ4v) is 2.74. The topological polar surface area (TPSA) is 59.0 Å². The average Bonchev–Trinajstić information content (AvgIpc) is 2.87. The molecule has 5 nitrogen and oxygen atoms in total. The molecule has 102 valence electrons. The van der Waals surface area contributed by atoms with E-state index < -0.39 is 5.97 Å². The zero-order valence-electron chi connectivity index (χ0n) is 10.6. The van der Waals surface area contributed by atoms with E-state index in [-0.39, 0.29) is 12.1 Å². The number of likely N-dealkylation sites (tertiary alicyclic amines) is 1. The molecule has 2 aliphatic heterocycles. The smallest absolute Gasteiger partial charge is 0.320 e. The summed E-state index contributed by atoms with van der Waals surface area (Å²) in [6, 6.07) is 7.19. The van der Waals surface area contributed by atoms with Gasteiger partial charge in [-0.3, -0.25) is 9.69 Å². The van der Waals surface area contributed by atoms with Crippen molar-refractivity contribution in [1.29, 1.82) is 0 Å². The number of fused-ring (bicyclic) bond motifs is 1. The molecule has 1 N–H and O–H groups in total. The molecule has 1 aromatic carbocycles. The number of nitrogens with zero attached hydrogens (tertiary/aromatic N) is 1. The molecule has 2 heterocycles. The van der Waals surface area contributed by atoms with Crippen LogP contribution in [0.5, 0.6) is 11.5 Å². The molecule has 2 atom stereocenters. The van der Waals surface area contributed by atoms with Gasteiger partial charge < -0.3 is 14.6 Å². The van der Waals surface area contributed by atoms with Gasteiger partial charge >= 0.3 is 5.97 Å². The van der Waals surface area contributed by atoms with Crippen molar-refractivity contribution in [3.05, 3.63) is 24.3 Å². The van der Waals surface area contributed by atoms with Crippen molar-refractivity contribution in [3.63, 3.8) is 0 Å². The Morgan fingerprint density at radius 2 is 2.16 bits per heavy atom. The number of hydrogen-bond donors (Lipinski definition) is 1. The van der Waals surface area contributed by atoms with Crippen LogP contribution < -0.4 is 9.47 Å². The molecule has 3 rings (SSSR count). The van der Waals surface area contributed by atoms with Gasteiger partial charge in [0.05, 0.1) is 0 Å². The summed E-state index contributed by atoms with van der Waals surface area (Å²) in [6.07, 6.45) is 1.55. The van der Waals surface area contributed by atoms with E-state index in [0.29, 0.717) is 13.2 Å². The summed E-state index contributed by atoms with van der Waals surface area (Å²) in [5.74, 6) is 0.759. The second-order valence-electron chi connectivity index (χ2n) is 4.99. The van der Waals surface area contributed by atoms with Gasteiger partial charge in [0.15, 0.2) is 11.5 Å². The number of carboxylic acid groups (broad SMARTS) is 1. The van der Waals surface area contributed by atoms with Crippen LogP contribution in [0.3, 0.4) is 0 Å². The van der Waals surface area contributed by atoms with Gasteiger partial charge in [-0.05, 0) is 31.5 Å². The third-order valence-electron chi connectivity index (χ3n) is 3.65. The van der Waals surface area contributed by atoms with Crippen LogP contribution in [0.2, 0.25) is 0 Å². The van der Waals surface area contributed by atoms with Crippen molar-refractivity contribution in [3.8, 4) is 11.5 Å². The van der Waals surface area contributed by atoms with Gasteiger partial charge in [0.1, 0.15) is 18.8 Å². The minimum Gasteiger partial charge on any atom is -0.486 e. The van der Waals surface area contributed by atoms with E-state index in [4.69, 9.17) is 14.6 Å². The first-order valence-electron chi connectivity index (χ1n) is 6.59. The zero-order valence-corrected chi connectivity index (χ0v) is 10.6. The fraction of sp³-hybridized carbons (Fsp3) is 0.500. The maximum atomic E-state index is 11.1. The number of ether oxygens (including phenoxy) is 2. The second-order valence-corrected chi connectivity index (χ2v) is 4.99. The van der Waals surface area contributed by atoms with Crippen LogP contribution in [-0.4, -0.2) is 47.8 Å². The number of carboxylic acids is 1. The molecule has 0 spiro atoms. The van der Waals surface area contributed by atoms with Gasteiger partial charge in [-0.1, -0.05) is 12.1 Å². The van der Waals surface area contributed by atoms with E-state index in [2.05, 4.69) is 0 Å². The molecule has 0 bridgehead atoms. The number of para-hydroxylation sites is 2. The Balaban J connectivity index is 1.64. The first-order chi connectivity index (χ1) is 9.24. The molecule has 0 saturated carbocycles. The lowest BCUT2D eigenvalue weighted by atomic mass is 10.2. The predicted molar refractivity (Wildman–Crippen MR) is 68.6 cm³/mol. The normalized spacial score (nSPS) is 26.3. The summed E-state index contributed by atoms with van der Waals surface area (Å²) in [5.41, 5.74) is 0. The van der Waals surface area contributed by atoms with Crippen LogP contribution in [0.25, 0.3) is 0 Å². The molecule has 0 amide bonds. The minimum absolute atomic E-state index is 0.102. The lowest BCUT2D eigenvalue weighted by Gasteiger charge is -2.31. The number of benzene rings is 1. The Morgan fingerprint density at radius 3 is 2.95 bits per heavy atom. The van der Waals surface area contributed by atoms with E-state index in [1.807, 2.05) is 29.2 Å². The van der Waals surface area contributed by atoms with Crippen LogP contribution in [0.4, 0.5) is 0 Å².